The van der Waals surface area contributed by atoms with E-state index in [1.807, 2.05) is 23.9 Å². The molecule has 0 spiro atoms. The van der Waals surface area contributed by atoms with Crippen LogP contribution in [0.2, 0.25) is 0 Å². The number of nitrogens with zero attached hydrogens (tertiary/aromatic N) is 1. The Hall–Kier alpha value is -1.16. The summed E-state index contributed by atoms with van der Waals surface area (Å²) >= 11 is 1.83. The highest BCUT2D eigenvalue weighted by atomic mass is 32.2. The van der Waals surface area contributed by atoms with E-state index in [-0.39, 0.29) is 6.10 Å². The summed E-state index contributed by atoms with van der Waals surface area (Å²) in [5.41, 5.74) is 1.31. The molecule has 0 saturated carbocycles. The van der Waals surface area contributed by atoms with Crippen molar-refractivity contribution in [3.05, 3.63) is 29.8 Å². The lowest BCUT2D eigenvalue weighted by Crippen LogP contribution is -2.41. The molecule has 2 atom stereocenters. The molecule has 1 saturated heterocycles. The van der Waals surface area contributed by atoms with Gasteiger partial charge in [-0.15, -0.1) is 0 Å². The molecule has 3 nitrogen and oxygen atoms in total. The van der Waals surface area contributed by atoms with Gasteiger partial charge in [0.15, 0.2) is 5.17 Å². The van der Waals surface area contributed by atoms with Crippen LogP contribution >= 0.6 is 11.8 Å². The van der Waals surface area contributed by atoms with Gasteiger partial charge in [0.25, 0.3) is 0 Å². The first kappa shape index (κ1) is 13.8. The van der Waals surface area contributed by atoms with Crippen LogP contribution in [-0.4, -0.2) is 29.6 Å². The minimum absolute atomic E-state index is 0.196. The third-order valence-corrected chi connectivity index (χ3v) is 4.89. The molecule has 1 fully saturated rings. The fourth-order valence-corrected chi connectivity index (χ4v) is 3.65. The van der Waals surface area contributed by atoms with Crippen LogP contribution in [-0.2, 0) is 6.42 Å². The van der Waals surface area contributed by atoms with Gasteiger partial charge >= 0.3 is 0 Å². The summed E-state index contributed by atoms with van der Waals surface area (Å²) in [6, 6.07) is 8.85. The van der Waals surface area contributed by atoms with E-state index >= 15 is 0 Å². The molecule has 3 rings (SSSR count). The molecular weight excluding hydrogens is 268 g/mol. The lowest BCUT2D eigenvalue weighted by Gasteiger charge is -2.28. The topological polar surface area (TPSA) is 33.6 Å². The van der Waals surface area contributed by atoms with E-state index in [9.17, 15) is 0 Å². The van der Waals surface area contributed by atoms with Crippen LogP contribution in [0.25, 0.3) is 0 Å². The van der Waals surface area contributed by atoms with E-state index in [1.54, 1.807) is 0 Å². The maximum Gasteiger partial charge on any atom is 0.156 e. The summed E-state index contributed by atoms with van der Waals surface area (Å²) in [6.45, 7) is 5.28. The molecule has 0 amide bonds. The Bertz CT molecular complexity index is 476. The van der Waals surface area contributed by atoms with Crippen molar-refractivity contribution in [2.45, 2.75) is 38.8 Å². The van der Waals surface area contributed by atoms with Gasteiger partial charge < -0.3 is 10.1 Å². The van der Waals surface area contributed by atoms with E-state index < -0.39 is 0 Å². The third-order valence-electron chi connectivity index (χ3n) is 3.93. The van der Waals surface area contributed by atoms with E-state index in [0.717, 1.165) is 23.9 Å². The second-order valence-corrected chi connectivity index (χ2v) is 6.91. The van der Waals surface area contributed by atoms with Crippen LogP contribution < -0.4 is 10.1 Å². The van der Waals surface area contributed by atoms with Gasteiger partial charge in [-0.3, -0.25) is 4.99 Å². The lowest BCUT2D eigenvalue weighted by molar-refractivity contribution is 0.242. The number of amidine groups is 1. The molecule has 0 aliphatic carbocycles. The maximum atomic E-state index is 5.93. The molecule has 0 radical (unpaired) electrons. The van der Waals surface area contributed by atoms with Crippen molar-refractivity contribution in [1.82, 2.24) is 5.32 Å². The highest BCUT2D eigenvalue weighted by Gasteiger charge is 2.23. The zero-order valence-corrected chi connectivity index (χ0v) is 13.0. The molecule has 0 aromatic heterocycles. The third kappa shape index (κ3) is 3.11. The van der Waals surface area contributed by atoms with Crippen LogP contribution in [0.5, 0.6) is 5.75 Å². The molecule has 2 heterocycles. The van der Waals surface area contributed by atoms with E-state index in [0.29, 0.717) is 12.0 Å². The molecule has 2 aliphatic rings. The van der Waals surface area contributed by atoms with E-state index in [1.165, 1.54) is 17.7 Å². The zero-order chi connectivity index (χ0) is 13.9. The first-order valence-electron chi connectivity index (χ1n) is 7.40. The molecule has 108 valence electrons. The Labute approximate surface area is 125 Å². The SMILES string of the molecule is CC(C)C1CCSC(=NCC2Cc3ccccc3O2)N1. The molecule has 4 heteroatoms. The number of benzene rings is 1. The number of hydrogen-bond acceptors (Lipinski definition) is 3. The van der Waals surface area contributed by atoms with Gasteiger partial charge in [0.05, 0.1) is 6.54 Å². The molecule has 1 aromatic carbocycles. The Morgan fingerprint density at radius 2 is 2.25 bits per heavy atom. The summed E-state index contributed by atoms with van der Waals surface area (Å²) in [4.78, 5) is 4.72. The number of ether oxygens (including phenoxy) is 1. The monoisotopic (exact) mass is 290 g/mol. The summed E-state index contributed by atoms with van der Waals surface area (Å²) in [6.07, 6.45) is 2.40. The fourth-order valence-electron chi connectivity index (χ4n) is 2.69. The minimum atomic E-state index is 0.196. The normalized spacial score (nSPS) is 27.2. The Balaban J connectivity index is 1.56. The molecule has 1 N–H and O–H groups in total. The summed E-state index contributed by atoms with van der Waals surface area (Å²) in [5, 5.41) is 4.65. The maximum absolute atomic E-state index is 5.93. The molecule has 0 bridgehead atoms. The van der Waals surface area contributed by atoms with Crippen molar-refractivity contribution in [3.8, 4) is 5.75 Å². The van der Waals surface area contributed by atoms with Crippen molar-refractivity contribution in [2.24, 2.45) is 10.9 Å². The number of thioether (sulfide) groups is 1. The lowest BCUT2D eigenvalue weighted by atomic mass is 10.0. The Kier molecular flexibility index (Phi) is 4.20. The largest absolute Gasteiger partial charge is 0.488 e. The van der Waals surface area contributed by atoms with Gasteiger partial charge in [0.2, 0.25) is 0 Å². The van der Waals surface area contributed by atoms with Crippen molar-refractivity contribution in [1.29, 1.82) is 0 Å². The van der Waals surface area contributed by atoms with Gasteiger partial charge in [0.1, 0.15) is 11.9 Å². The number of para-hydroxylation sites is 1. The van der Waals surface area contributed by atoms with Crippen molar-refractivity contribution in [2.75, 3.05) is 12.3 Å². The Morgan fingerprint density at radius 1 is 1.40 bits per heavy atom. The number of aliphatic imine (C=N–C) groups is 1. The average molecular weight is 290 g/mol. The number of rotatable bonds is 3. The van der Waals surface area contributed by atoms with Gasteiger partial charge in [-0.2, -0.15) is 0 Å². The van der Waals surface area contributed by atoms with Crippen LogP contribution in [0.15, 0.2) is 29.3 Å². The highest BCUT2D eigenvalue weighted by molar-refractivity contribution is 8.13. The fraction of sp³-hybridized carbons (Fsp3) is 0.562. The zero-order valence-electron chi connectivity index (χ0n) is 12.1. The van der Waals surface area contributed by atoms with Gasteiger partial charge in [0, 0.05) is 18.2 Å². The average Bonchev–Trinajstić information content (AvgIpc) is 2.88. The van der Waals surface area contributed by atoms with Crippen molar-refractivity contribution >= 4 is 16.9 Å². The molecule has 20 heavy (non-hydrogen) atoms. The van der Waals surface area contributed by atoms with Crippen molar-refractivity contribution < 1.29 is 4.74 Å². The molecular formula is C16H22N2OS. The standard InChI is InChI=1S/C16H22N2OS/c1-11(2)14-7-8-20-16(18-14)17-10-13-9-12-5-3-4-6-15(12)19-13/h3-6,11,13-14H,7-10H2,1-2H3,(H,17,18). The summed E-state index contributed by atoms with van der Waals surface area (Å²) in [5.74, 6) is 2.86. The highest BCUT2D eigenvalue weighted by Crippen LogP contribution is 2.28. The molecule has 1 aromatic rings. The van der Waals surface area contributed by atoms with Crippen LogP contribution in [0.3, 0.4) is 0 Å². The summed E-state index contributed by atoms with van der Waals surface area (Å²) in [7, 11) is 0. The second kappa shape index (κ2) is 6.08. The van der Waals surface area contributed by atoms with Gasteiger partial charge in [-0.25, -0.2) is 0 Å². The second-order valence-electron chi connectivity index (χ2n) is 5.83. The van der Waals surface area contributed by atoms with E-state index in [4.69, 9.17) is 9.73 Å². The predicted octanol–water partition coefficient (Wildman–Crippen LogP) is 3.10. The number of hydrogen-bond donors (Lipinski definition) is 1. The quantitative estimate of drug-likeness (QED) is 0.928. The number of nitrogens with one attached hydrogen (secondary N) is 1. The first-order valence-corrected chi connectivity index (χ1v) is 8.39. The molecule has 2 aliphatic heterocycles. The van der Waals surface area contributed by atoms with Crippen LogP contribution in [0.1, 0.15) is 25.8 Å². The predicted molar refractivity (Wildman–Crippen MR) is 85.7 cm³/mol. The van der Waals surface area contributed by atoms with Crippen LogP contribution in [0, 0.1) is 5.92 Å². The van der Waals surface area contributed by atoms with Gasteiger partial charge in [-0.05, 0) is 24.0 Å². The Morgan fingerprint density at radius 3 is 3.05 bits per heavy atom. The first-order chi connectivity index (χ1) is 9.72. The molecule has 2 unspecified atom stereocenters. The smallest absolute Gasteiger partial charge is 0.156 e. The van der Waals surface area contributed by atoms with E-state index in [2.05, 4.69) is 31.3 Å². The van der Waals surface area contributed by atoms with Gasteiger partial charge in [-0.1, -0.05) is 43.8 Å². The minimum Gasteiger partial charge on any atom is -0.488 e. The summed E-state index contributed by atoms with van der Waals surface area (Å²) < 4.78 is 5.93. The van der Waals surface area contributed by atoms with Crippen molar-refractivity contribution in [3.63, 3.8) is 0 Å². The number of fused-ring (bicyclic) bond motifs is 1. The van der Waals surface area contributed by atoms with Crippen LogP contribution in [0.4, 0.5) is 0 Å².